The van der Waals surface area contributed by atoms with E-state index in [1.807, 2.05) is 6.07 Å². The normalized spacial score (nSPS) is 27.2. The lowest BCUT2D eigenvalue weighted by Crippen LogP contribution is -2.29. The number of aromatic nitrogens is 1. The first kappa shape index (κ1) is 10.5. The molecule has 0 aliphatic carbocycles. The Balaban J connectivity index is 1.95. The smallest absolute Gasteiger partial charge is 0.407 e. The summed E-state index contributed by atoms with van der Waals surface area (Å²) in [5.41, 5.74) is 2.28. The van der Waals surface area contributed by atoms with Crippen molar-refractivity contribution in [3.8, 4) is 0 Å². The van der Waals surface area contributed by atoms with Crippen LogP contribution < -0.4 is 5.32 Å². The van der Waals surface area contributed by atoms with Gasteiger partial charge in [0.2, 0.25) is 0 Å². The summed E-state index contributed by atoms with van der Waals surface area (Å²) >= 11 is 0. The van der Waals surface area contributed by atoms with E-state index in [0.29, 0.717) is 19.0 Å². The topological polar surface area (TPSA) is 65.5 Å². The molecule has 0 aromatic carbocycles. The molecule has 0 spiro atoms. The van der Waals surface area contributed by atoms with Crippen LogP contribution in [0.2, 0.25) is 0 Å². The van der Waals surface area contributed by atoms with E-state index in [4.69, 9.17) is 5.11 Å². The highest BCUT2D eigenvalue weighted by Gasteiger charge is 2.38. The van der Waals surface area contributed by atoms with Gasteiger partial charge >= 0.3 is 6.09 Å². The number of nitrogens with one attached hydrogen (secondary N) is 1. The minimum absolute atomic E-state index is 0.248. The van der Waals surface area contributed by atoms with Gasteiger partial charge < -0.3 is 15.3 Å². The van der Waals surface area contributed by atoms with Crippen LogP contribution >= 0.6 is 0 Å². The van der Waals surface area contributed by atoms with E-state index in [9.17, 15) is 4.79 Å². The molecule has 0 radical (unpaired) electrons. The summed E-state index contributed by atoms with van der Waals surface area (Å²) in [7, 11) is 0. The zero-order chi connectivity index (χ0) is 11.8. The van der Waals surface area contributed by atoms with Gasteiger partial charge in [-0.05, 0) is 17.5 Å². The summed E-state index contributed by atoms with van der Waals surface area (Å²) in [5.74, 6) is 0.597. The molecule has 3 rings (SSSR count). The number of carbonyl (C=O) groups is 1. The Labute approximate surface area is 99.5 Å². The number of fused-ring (bicyclic) bond motifs is 3. The molecule has 0 bridgehead atoms. The van der Waals surface area contributed by atoms with Gasteiger partial charge in [-0.15, -0.1) is 0 Å². The zero-order valence-electron chi connectivity index (χ0n) is 9.47. The minimum Gasteiger partial charge on any atom is -0.465 e. The second-order valence-electron chi connectivity index (χ2n) is 4.73. The van der Waals surface area contributed by atoms with E-state index in [-0.39, 0.29) is 5.92 Å². The van der Waals surface area contributed by atoms with Crippen molar-refractivity contribution in [2.24, 2.45) is 5.92 Å². The van der Waals surface area contributed by atoms with E-state index in [0.717, 1.165) is 18.8 Å². The molecule has 90 valence electrons. The van der Waals surface area contributed by atoms with E-state index >= 15 is 0 Å². The van der Waals surface area contributed by atoms with E-state index < -0.39 is 6.09 Å². The second kappa shape index (κ2) is 4.00. The van der Waals surface area contributed by atoms with Crippen LogP contribution in [0, 0.1) is 5.92 Å². The van der Waals surface area contributed by atoms with Crippen molar-refractivity contribution in [3.05, 3.63) is 29.6 Å². The van der Waals surface area contributed by atoms with Crippen LogP contribution in [0.3, 0.4) is 0 Å². The SMILES string of the molecule is O=C(O)N1C[C@H]2CNCc3cccnc3[C@@H]2C1. The molecule has 1 aromatic heterocycles. The Hall–Kier alpha value is -1.62. The van der Waals surface area contributed by atoms with Crippen LogP contribution in [0.15, 0.2) is 18.3 Å². The number of likely N-dealkylation sites (tertiary alicyclic amines) is 1. The van der Waals surface area contributed by atoms with Crippen molar-refractivity contribution in [1.29, 1.82) is 0 Å². The van der Waals surface area contributed by atoms with Crippen molar-refractivity contribution < 1.29 is 9.90 Å². The Kier molecular flexibility index (Phi) is 2.48. The van der Waals surface area contributed by atoms with Crippen LogP contribution in [0.25, 0.3) is 0 Å². The molecule has 2 aliphatic heterocycles. The van der Waals surface area contributed by atoms with Crippen molar-refractivity contribution in [1.82, 2.24) is 15.2 Å². The Morgan fingerprint density at radius 2 is 2.41 bits per heavy atom. The highest BCUT2D eigenvalue weighted by atomic mass is 16.4. The standard InChI is InChI=1S/C12H15N3O2/c16-12(17)15-6-9-5-13-4-8-2-1-3-14-11(8)10(9)7-15/h1-3,9-10,13H,4-7H2,(H,16,17)/t9-,10-/m1/s1. The third-order valence-electron chi connectivity index (χ3n) is 3.71. The number of hydrogen-bond acceptors (Lipinski definition) is 3. The lowest BCUT2D eigenvalue weighted by atomic mass is 9.91. The average molecular weight is 233 g/mol. The fraction of sp³-hybridized carbons (Fsp3) is 0.500. The number of pyridine rings is 1. The minimum atomic E-state index is -0.824. The van der Waals surface area contributed by atoms with Crippen molar-refractivity contribution in [2.45, 2.75) is 12.5 Å². The van der Waals surface area contributed by atoms with Crippen LogP contribution in [0.5, 0.6) is 0 Å². The second-order valence-corrected chi connectivity index (χ2v) is 4.73. The van der Waals surface area contributed by atoms with Crippen molar-refractivity contribution in [2.75, 3.05) is 19.6 Å². The molecule has 1 saturated heterocycles. The highest BCUT2D eigenvalue weighted by molar-refractivity contribution is 5.65. The first-order chi connectivity index (χ1) is 8.25. The quantitative estimate of drug-likeness (QED) is 0.698. The van der Waals surface area contributed by atoms with Gasteiger partial charge in [-0.2, -0.15) is 0 Å². The molecule has 2 N–H and O–H groups in total. The first-order valence-electron chi connectivity index (χ1n) is 5.88. The third-order valence-corrected chi connectivity index (χ3v) is 3.71. The van der Waals surface area contributed by atoms with Gasteiger partial charge in [0, 0.05) is 38.3 Å². The number of rotatable bonds is 0. The number of carboxylic acid groups (broad SMARTS) is 1. The van der Waals surface area contributed by atoms with Crippen LogP contribution in [0.1, 0.15) is 17.2 Å². The molecule has 17 heavy (non-hydrogen) atoms. The lowest BCUT2D eigenvalue weighted by Gasteiger charge is -2.14. The Bertz CT molecular complexity index is 449. The number of hydrogen-bond donors (Lipinski definition) is 2. The van der Waals surface area contributed by atoms with Crippen LogP contribution in [-0.2, 0) is 6.54 Å². The fourth-order valence-electron chi connectivity index (χ4n) is 2.87. The van der Waals surface area contributed by atoms with Gasteiger partial charge in [0.05, 0.1) is 5.69 Å². The number of nitrogens with zero attached hydrogens (tertiary/aromatic N) is 2. The van der Waals surface area contributed by atoms with E-state index in [2.05, 4.69) is 16.4 Å². The fourth-order valence-corrected chi connectivity index (χ4v) is 2.87. The molecule has 1 aromatic rings. The molecule has 2 atom stereocenters. The molecule has 5 nitrogen and oxygen atoms in total. The van der Waals surface area contributed by atoms with Gasteiger partial charge in [0.15, 0.2) is 0 Å². The molecule has 1 fully saturated rings. The molecular weight excluding hydrogens is 218 g/mol. The van der Waals surface area contributed by atoms with E-state index in [1.54, 1.807) is 6.20 Å². The monoisotopic (exact) mass is 233 g/mol. The predicted molar refractivity (Wildman–Crippen MR) is 61.8 cm³/mol. The molecule has 1 amide bonds. The van der Waals surface area contributed by atoms with Crippen LogP contribution in [0.4, 0.5) is 4.79 Å². The summed E-state index contributed by atoms with van der Waals surface area (Å²) in [6, 6.07) is 4.01. The predicted octanol–water partition coefficient (Wildman–Crippen LogP) is 0.878. The molecule has 0 saturated carbocycles. The van der Waals surface area contributed by atoms with Crippen LogP contribution in [-0.4, -0.2) is 40.7 Å². The molecular formula is C12H15N3O2. The highest BCUT2D eigenvalue weighted by Crippen LogP contribution is 2.34. The molecule has 0 unspecified atom stereocenters. The molecule has 5 heteroatoms. The number of amides is 1. The van der Waals surface area contributed by atoms with Crippen molar-refractivity contribution in [3.63, 3.8) is 0 Å². The Morgan fingerprint density at radius 1 is 1.53 bits per heavy atom. The first-order valence-corrected chi connectivity index (χ1v) is 5.88. The summed E-state index contributed by atoms with van der Waals surface area (Å²) in [6.07, 6.45) is 0.973. The molecule has 3 heterocycles. The van der Waals surface area contributed by atoms with Gasteiger partial charge in [0.25, 0.3) is 0 Å². The summed E-state index contributed by atoms with van der Waals surface area (Å²) in [5, 5.41) is 12.4. The van der Waals surface area contributed by atoms with Gasteiger partial charge in [0.1, 0.15) is 0 Å². The Morgan fingerprint density at radius 3 is 3.24 bits per heavy atom. The maximum atomic E-state index is 11.0. The summed E-state index contributed by atoms with van der Waals surface area (Å²) < 4.78 is 0. The lowest BCUT2D eigenvalue weighted by molar-refractivity contribution is 0.153. The third kappa shape index (κ3) is 1.76. The van der Waals surface area contributed by atoms with Gasteiger partial charge in [-0.25, -0.2) is 4.79 Å². The maximum Gasteiger partial charge on any atom is 0.407 e. The largest absolute Gasteiger partial charge is 0.465 e. The molecule has 2 aliphatic rings. The summed E-state index contributed by atoms with van der Waals surface area (Å²) in [6.45, 7) is 2.89. The average Bonchev–Trinajstić information content (AvgIpc) is 2.67. The van der Waals surface area contributed by atoms with Gasteiger partial charge in [-0.1, -0.05) is 6.07 Å². The van der Waals surface area contributed by atoms with Gasteiger partial charge in [-0.3, -0.25) is 4.98 Å². The zero-order valence-corrected chi connectivity index (χ0v) is 9.47. The maximum absolute atomic E-state index is 11.0. The van der Waals surface area contributed by atoms with Crippen molar-refractivity contribution >= 4 is 6.09 Å². The van der Waals surface area contributed by atoms with E-state index in [1.165, 1.54) is 10.5 Å². The summed E-state index contributed by atoms with van der Waals surface area (Å²) in [4.78, 5) is 17.0.